The molecule has 0 aliphatic carbocycles. The number of furan rings is 1. The highest BCUT2D eigenvalue weighted by Crippen LogP contribution is 2.24. The van der Waals surface area contributed by atoms with Crippen LogP contribution in [0.5, 0.6) is 0 Å². The molecule has 108 valence electrons. The molecule has 3 rings (SSSR count). The number of aryl methyl sites for hydroxylation is 2. The van der Waals surface area contributed by atoms with Gasteiger partial charge in [0.15, 0.2) is 0 Å². The Kier molecular flexibility index (Phi) is 3.75. The van der Waals surface area contributed by atoms with E-state index in [0.29, 0.717) is 33.8 Å². The molecule has 21 heavy (non-hydrogen) atoms. The lowest BCUT2D eigenvalue weighted by atomic mass is 10.2. The fourth-order valence-corrected chi connectivity index (χ4v) is 3.33. The third kappa shape index (κ3) is 2.83. The molecule has 0 radical (unpaired) electrons. The second-order valence-corrected chi connectivity index (χ2v) is 6.14. The minimum atomic E-state index is -1.18. The molecule has 1 unspecified atom stereocenters. The van der Waals surface area contributed by atoms with E-state index >= 15 is 0 Å². The average Bonchev–Trinajstić information content (AvgIpc) is 3.07. The third-order valence-corrected chi connectivity index (χ3v) is 4.69. The fourth-order valence-electron chi connectivity index (χ4n) is 2.08. The molecule has 0 fully saturated rings. The topological polar surface area (TPSA) is 56.2 Å². The highest BCUT2D eigenvalue weighted by Gasteiger charge is 2.17. The molecule has 0 amide bonds. The highest BCUT2D eigenvalue weighted by molar-refractivity contribution is 7.84. The van der Waals surface area contributed by atoms with Gasteiger partial charge in [-0.2, -0.15) is 0 Å². The largest absolute Gasteiger partial charge is 0.468 e. The van der Waals surface area contributed by atoms with Crippen molar-refractivity contribution < 1.29 is 13.0 Å². The molecule has 2 aromatic heterocycles. The van der Waals surface area contributed by atoms with Gasteiger partial charge in [-0.25, -0.2) is 4.98 Å². The van der Waals surface area contributed by atoms with Crippen molar-refractivity contribution in [1.82, 2.24) is 4.98 Å². The van der Waals surface area contributed by atoms with Gasteiger partial charge < -0.3 is 8.83 Å². The van der Waals surface area contributed by atoms with Crippen molar-refractivity contribution in [3.05, 3.63) is 59.9 Å². The van der Waals surface area contributed by atoms with Crippen LogP contribution in [0, 0.1) is 13.8 Å². The lowest BCUT2D eigenvalue weighted by molar-refractivity contribution is 0.525. The van der Waals surface area contributed by atoms with E-state index in [1.54, 1.807) is 19.3 Å². The lowest BCUT2D eigenvalue weighted by Gasteiger charge is -1.98. The predicted octanol–water partition coefficient (Wildman–Crippen LogP) is 3.86. The van der Waals surface area contributed by atoms with Crippen molar-refractivity contribution in [2.45, 2.75) is 24.5 Å². The maximum Gasteiger partial charge on any atom is 0.226 e. The Labute approximate surface area is 125 Å². The number of oxazole rings is 1. The highest BCUT2D eigenvalue weighted by atomic mass is 32.2. The summed E-state index contributed by atoms with van der Waals surface area (Å²) in [6.45, 7) is 3.65. The van der Waals surface area contributed by atoms with Crippen LogP contribution < -0.4 is 0 Å². The van der Waals surface area contributed by atoms with Gasteiger partial charge in [-0.3, -0.25) is 4.21 Å². The van der Waals surface area contributed by atoms with Crippen molar-refractivity contribution in [2.75, 3.05) is 0 Å². The van der Waals surface area contributed by atoms with Gasteiger partial charge >= 0.3 is 0 Å². The van der Waals surface area contributed by atoms with Crippen LogP contribution in [-0.4, -0.2) is 9.19 Å². The number of rotatable bonds is 4. The van der Waals surface area contributed by atoms with Crippen molar-refractivity contribution in [3.63, 3.8) is 0 Å². The van der Waals surface area contributed by atoms with E-state index in [1.807, 2.05) is 37.3 Å². The molecule has 1 atom stereocenters. The fraction of sp³-hybridized carbons (Fsp3) is 0.188. The molecule has 1 aromatic carbocycles. The first-order chi connectivity index (χ1) is 10.1. The SMILES string of the molecule is Cc1occc1S(=O)Cc1nc(-c2ccccc2)oc1C. The van der Waals surface area contributed by atoms with Gasteiger partial charge in [0.1, 0.15) is 11.5 Å². The molecule has 4 nitrogen and oxygen atoms in total. The molecule has 0 aliphatic rings. The van der Waals surface area contributed by atoms with Crippen molar-refractivity contribution in [1.29, 1.82) is 0 Å². The Morgan fingerprint density at radius 1 is 1.10 bits per heavy atom. The van der Waals surface area contributed by atoms with Gasteiger partial charge in [-0.05, 0) is 32.0 Å². The third-order valence-electron chi connectivity index (χ3n) is 3.24. The molecular weight excluding hydrogens is 286 g/mol. The zero-order valence-corrected chi connectivity index (χ0v) is 12.6. The van der Waals surface area contributed by atoms with Crippen LogP contribution in [-0.2, 0) is 16.6 Å². The Morgan fingerprint density at radius 2 is 1.86 bits per heavy atom. The maximum atomic E-state index is 12.4. The van der Waals surface area contributed by atoms with E-state index in [0.717, 1.165) is 5.56 Å². The molecule has 0 spiro atoms. The van der Waals surface area contributed by atoms with Crippen molar-refractivity contribution >= 4 is 10.8 Å². The quantitative estimate of drug-likeness (QED) is 0.734. The van der Waals surface area contributed by atoms with Crippen LogP contribution in [0.15, 0.2) is 56.4 Å². The standard InChI is InChI=1S/C16H15NO3S/c1-11-14(10-21(18)15-8-9-19-12(15)2)17-16(20-11)13-6-4-3-5-7-13/h3-9H,10H2,1-2H3. The maximum absolute atomic E-state index is 12.4. The van der Waals surface area contributed by atoms with E-state index in [-0.39, 0.29) is 0 Å². The van der Waals surface area contributed by atoms with E-state index in [1.165, 1.54) is 0 Å². The lowest BCUT2D eigenvalue weighted by Crippen LogP contribution is -1.98. The second kappa shape index (κ2) is 5.69. The summed E-state index contributed by atoms with van der Waals surface area (Å²) in [6.07, 6.45) is 1.55. The van der Waals surface area contributed by atoms with Crippen molar-refractivity contribution in [2.24, 2.45) is 0 Å². The van der Waals surface area contributed by atoms with Crippen LogP contribution in [0.2, 0.25) is 0 Å². The van der Waals surface area contributed by atoms with Crippen LogP contribution in [0.3, 0.4) is 0 Å². The number of nitrogens with zero attached hydrogens (tertiary/aromatic N) is 1. The van der Waals surface area contributed by atoms with E-state index in [2.05, 4.69) is 4.98 Å². The molecule has 0 saturated carbocycles. The summed E-state index contributed by atoms with van der Waals surface area (Å²) in [4.78, 5) is 5.18. The molecule has 2 heterocycles. The van der Waals surface area contributed by atoms with Crippen LogP contribution in [0.4, 0.5) is 0 Å². The summed E-state index contributed by atoms with van der Waals surface area (Å²) in [5.41, 5.74) is 1.63. The molecule has 5 heteroatoms. The first kappa shape index (κ1) is 13.8. The Hall–Kier alpha value is -2.14. The van der Waals surface area contributed by atoms with Gasteiger partial charge in [0.05, 0.1) is 33.4 Å². The summed E-state index contributed by atoms with van der Waals surface area (Å²) < 4.78 is 23.2. The van der Waals surface area contributed by atoms with Crippen molar-refractivity contribution in [3.8, 4) is 11.5 Å². The number of aromatic nitrogens is 1. The summed E-state index contributed by atoms with van der Waals surface area (Å²) in [7, 11) is -1.18. The normalized spacial score (nSPS) is 12.5. The van der Waals surface area contributed by atoms with E-state index < -0.39 is 10.8 Å². The average molecular weight is 301 g/mol. The smallest absolute Gasteiger partial charge is 0.226 e. The summed E-state index contributed by atoms with van der Waals surface area (Å²) in [5.74, 6) is 2.26. The molecule has 0 aliphatic heterocycles. The first-order valence-corrected chi connectivity index (χ1v) is 7.91. The molecule has 0 saturated heterocycles. The molecule has 0 N–H and O–H groups in total. The van der Waals surface area contributed by atoms with Crippen LogP contribution >= 0.6 is 0 Å². The van der Waals surface area contributed by atoms with Gasteiger partial charge in [0.2, 0.25) is 5.89 Å². The molecule has 3 aromatic rings. The van der Waals surface area contributed by atoms with Crippen LogP contribution in [0.25, 0.3) is 11.5 Å². The second-order valence-electron chi connectivity index (χ2n) is 4.72. The number of benzene rings is 1. The predicted molar refractivity (Wildman–Crippen MR) is 80.2 cm³/mol. The van der Waals surface area contributed by atoms with Gasteiger partial charge in [0.25, 0.3) is 0 Å². The first-order valence-electron chi connectivity index (χ1n) is 6.59. The Morgan fingerprint density at radius 3 is 2.52 bits per heavy atom. The number of hydrogen-bond acceptors (Lipinski definition) is 4. The monoisotopic (exact) mass is 301 g/mol. The zero-order chi connectivity index (χ0) is 14.8. The van der Waals surface area contributed by atoms with Crippen LogP contribution in [0.1, 0.15) is 17.2 Å². The minimum Gasteiger partial charge on any atom is -0.468 e. The Balaban J connectivity index is 1.86. The van der Waals surface area contributed by atoms with Gasteiger partial charge in [-0.15, -0.1) is 0 Å². The summed E-state index contributed by atoms with van der Waals surface area (Å²) in [6, 6.07) is 11.4. The molecular formula is C16H15NO3S. The van der Waals surface area contributed by atoms with E-state index in [4.69, 9.17) is 8.83 Å². The van der Waals surface area contributed by atoms with Gasteiger partial charge in [-0.1, -0.05) is 18.2 Å². The summed E-state index contributed by atoms with van der Waals surface area (Å²) >= 11 is 0. The molecule has 0 bridgehead atoms. The van der Waals surface area contributed by atoms with E-state index in [9.17, 15) is 4.21 Å². The zero-order valence-electron chi connectivity index (χ0n) is 11.8. The summed E-state index contributed by atoms with van der Waals surface area (Å²) in [5, 5.41) is 0. The number of hydrogen-bond donors (Lipinski definition) is 0. The van der Waals surface area contributed by atoms with Gasteiger partial charge in [0, 0.05) is 5.56 Å². The Bertz CT molecular complexity index is 774. The minimum absolute atomic E-state index is 0.322.